The van der Waals surface area contributed by atoms with Crippen LogP contribution in [-0.2, 0) is 11.3 Å². The Kier molecular flexibility index (Phi) is 7.48. The first-order valence-corrected chi connectivity index (χ1v) is 9.06. The van der Waals surface area contributed by atoms with Gasteiger partial charge in [-0.1, -0.05) is 6.92 Å². The van der Waals surface area contributed by atoms with E-state index in [4.69, 9.17) is 14.7 Å². The van der Waals surface area contributed by atoms with Crippen LogP contribution in [0.25, 0.3) is 0 Å². The summed E-state index contributed by atoms with van der Waals surface area (Å²) in [7, 11) is 0. The summed E-state index contributed by atoms with van der Waals surface area (Å²) in [5.74, 6) is 0.847. The fraction of sp³-hybridized carbons (Fsp3) is 0.389. The quantitative estimate of drug-likeness (QED) is 0.673. The molecule has 0 fully saturated rings. The van der Waals surface area contributed by atoms with E-state index in [0.717, 1.165) is 6.54 Å². The molecule has 1 N–H and O–H groups in total. The molecule has 0 bridgehead atoms. The van der Waals surface area contributed by atoms with Crippen LogP contribution in [0.3, 0.4) is 0 Å². The van der Waals surface area contributed by atoms with Gasteiger partial charge in [0.1, 0.15) is 0 Å². The maximum absolute atomic E-state index is 12.1. The Bertz CT molecular complexity index is 771. The third-order valence-corrected chi connectivity index (χ3v) is 4.08. The van der Waals surface area contributed by atoms with Gasteiger partial charge in [0.15, 0.2) is 18.1 Å². The van der Waals surface area contributed by atoms with E-state index < -0.39 is 0 Å². The summed E-state index contributed by atoms with van der Waals surface area (Å²) in [4.78, 5) is 12.1. The summed E-state index contributed by atoms with van der Waals surface area (Å²) in [6.07, 6.45) is 3.61. The van der Waals surface area contributed by atoms with Crippen molar-refractivity contribution >= 4 is 21.8 Å². The second-order valence-electron chi connectivity index (χ2n) is 5.76. The predicted octanol–water partition coefficient (Wildman–Crippen LogP) is 2.75. The zero-order valence-electron chi connectivity index (χ0n) is 14.7. The average Bonchev–Trinajstić information content (AvgIpc) is 3.12. The maximum Gasteiger partial charge on any atom is 0.257 e. The van der Waals surface area contributed by atoms with Crippen LogP contribution in [0.2, 0.25) is 0 Å². The summed E-state index contributed by atoms with van der Waals surface area (Å²) >= 11 is 3.36. The van der Waals surface area contributed by atoms with Gasteiger partial charge in [-0.15, -0.1) is 0 Å². The molecule has 1 aromatic carbocycles. The van der Waals surface area contributed by atoms with Gasteiger partial charge in [0.2, 0.25) is 0 Å². The summed E-state index contributed by atoms with van der Waals surface area (Å²) in [6, 6.07) is 7.14. The highest BCUT2D eigenvalue weighted by atomic mass is 79.9. The molecule has 1 heterocycles. The Labute approximate surface area is 161 Å². The molecule has 0 spiro atoms. The number of aromatic nitrogens is 2. The van der Waals surface area contributed by atoms with Crippen LogP contribution in [0.15, 0.2) is 35.1 Å². The molecule has 1 amide bonds. The largest absolute Gasteiger partial charge is 0.490 e. The predicted molar refractivity (Wildman–Crippen MR) is 99.9 cm³/mol. The van der Waals surface area contributed by atoms with Gasteiger partial charge in [-0.25, -0.2) is 0 Å². The van der Waals surface area contributed by atoms with Crippen molar-refractivity contribution in [2.45, 2.75) is 20.4 Å². The van der Waals surface area contributed by atoms with Gasteiger partial charge in [0.25, 0.3) is 5.91 Å². The van der Waals surface area contributed by atoms with Crippen LogP contribution >= 0.6 is 15.9 Å². The number of nitriles is 1. The van der Waals surface area contributed by atoms with Crippen molar-refractivity contribution in [1.82, 2.24) is 15.1 Å². The lowest BCUT2D eigenvalue weighted by molar-refractivity contribution is -0.123. The van der Waals surface area contributed by atoms with E-state index in [0.29, 0.717) is 34.7 Å². The van der Waals surface area contributed by atoms with Gasteiger partial charge in [0.05, 0.1) is 22.7 Å². The number of hydrogen-bond acceptors (Lipinski definition) is 5. The SMILES string of the molecule is CCOc1cc(C#N)cc(Br)c1OCC(=O)NCC(C)Cn1cccn1. The van der Waals surface area contributed by atoms with E-state index in [1.165, 1.54) is 0 Å². The Morgan fingerprint density at radius 2 is 2.27 bits per heavy atom. The molecular weight excluding hydrogens is 400 g/mol. The summed E-state index contributed by atoms with van der Waals surface area (Å²) in [5, 5.41) is 16.0. The molecule has 0 radical (unpaired) electrons. The lowest BCUT2D eigenvalue weighted by atomic mass is 10.2. The number of rotatable bonds is 9. The Hall–Kier alpha value is -2.53. The standard InChI is InChI=1S/C18H21BrN4O3/c1-3-25-16-8-14(9-20)7-15(19)18(16)26-12-17(24)21-10-13(2)11-23-6-4-5-22-23/h4-8,13H,3,10-12H2,1-2H3,(H,21,24). The van der Waals surface area contributed by atoms with Gasteiger partial charge in [-0.05, 0) is 40.9 Å². The minimum Gasteiger partial charge on any atom is -0.490 e. The molecule has 8 heteroatoms. The highest BCUT2D eigenvalue weighted by Crippen LogP contribution is 2.36. The van der Waals surface area contributed by atoms with Crippen LogP contribution in [0.1, 0.15) is 19.4 Å². The molecule has 0 saturated heterocycles. The van der Waals surface area contributed by atoms with Crippen molar-refractivity contribution in [3.05, 3.63) is 40.6 Å². The number of nitrogens with one attached hydrogen (secondary N) is 1. The highest BCUT2D eigenvalue weighted by Gasteiger charge is 2.14. The molecule has 1 atom stereocenters. The first-order chi connectivity index (χ1) is 12.5. The van der Waals surface area contributed by atoms with Crippen LogP contribution in [0.5, 0.6) is 11.5 Å². The van der Waals surface area contributed by atoms with E-state index >= 15 is 0 Å². The lowest BCUT2D eigenvalue weighted by Crippen LogP contribution is -2.33. The minimum atomic E-state index is -0.226. The number of halogens is 1. The van der Waals surface area contributed by atoms with E-state index in [1.54, 1.807) is 18.3 Å². The highest BCUT2D eigenvalue weighted by molar-refractivity contribution is 9.10. The van der Waals surface area contributed by atoms with Crippen molar-refractivity contribution in [3.63, 3.8) is 0 Å². The molecule has 7 nitrogen and oxygen atoms in total. The van der Waals surface area contributed by atoms with Crippen molar-refractivity contribution < 1.29 is 14.3 Å². The smallest absolute Gasteiger partial charge is 0.257 e. The van der Waals surface area contributed by atoms with Crippen molar-refractivity contribution in [3.8, 4) is 17.6 Å². The van der Waals surface area contributed by atoms with Gasteiger partial charge >= 0.3 is 0 Å². The first-order valence-electron chi connectivity index (χ1n) is 8.26. The molecule has 138 valence electrons. The Balaban J connectivity index is 1.87. The fourth-order valence-electron chi connectivity index (χ4n) is 2.30. The number of benzene rings is 1. The average molecular weight is 421 g/mol. The maximum atomic E-state index is 12.1. The number of nitrogens with zero attached hydrogens (tertiary/aromatic N) is 3. The van der Waals surface area contributed by atoms with Gasteiger partial charge in [-0.2, -0.15) is 10.4 Å². The molecule has 0 saturated carbocycles. The second kappa shape index (κ2) is 9.82. The molecular formula is C18H21BrN4O3. The number of carbonyl (C=O) groups excluding carboxylic acids is 1. The third kappa shape index (κ3) is 5.77. The monoisotopic (exact) mass is 420 g/mol. The van der Waals surface area contributed by atoms with E-state index in [-0.39, 0.29) is 18.4 Å². The molecule has 1 unspecified atom stereocenters. The van der Waals surface area contributed by atoms with Crippen molar-refractivity contribution in [2.75, 3.05) is 19.8 Å². The first kappa shape index (κ1) is 19.8. The van der Waals surface area contributed by atoms with E-state index in [9.17, 15) is 4.79 Å². The zero-order chi connectivity index (χ0) is 18.9. The zero-order valence-corrected chi connectivity index (χ0v) is 16.3. The number of hydrogen-bond donors (Lipinski definition) is 1. The second-order valence-corrected chi connectivity index (χ2v) is 6.61. The molecule has 0 aliphatic carbocycles. The molecule has 0 aliphatic rings. The number of ether oxygens (including phenoxy) is 2. The number of carbonyl (C=O) groups is 1. The van der Waals surface area contributed by atoms with E-state index in [1.807, 2.05) is 30.8 Å². The van der Waals surface area contributed by atoms with Gasteiger partial charge in [-0.3, -0.25) is 9.48 Å². The molecule has 2 rings (SSSR count). The molecule has 26 heavy (non-hydrogen) atoms. The van der Waals surface area contributed by atoms with Crippen LogP contribution < -0.4 is 14.8 Å². The summed E-state index contributed by atoms with van der Waals surface area (Å²) in [6.45, 7) is 5.41. The topological polar surface area (TPSA) is 89.2 Å². The molecule has 1 aromatic heterocycles. The summed E-state index contributed by atoms with van der Waals surface area (Å²) < 4.78 is 13.5. The van der Waals surface area contributed by atoms with Crippen LogP contribution in [0, 0.1) is 17.2 Å². The Morgan fingerprint density at radius 3 is 2.92 bits per heavy atom. The number of amides is 1. The van der Waals surface area contributed by atoms with Crippen LogP contribution in [0.4, 0.5) is 0 Å². The third-order valence-electron chi connectivity index (χ3n) is 3.49. The Morgan fingerprint density at radius 1 is 1.46 bits per heavy atom. The normalized spacial score (nSPS) is 11.5. The fourth-order valence-corrected chi connectivity index (χ4v) is 2.86. The van der Waals surface area contributed by atoms with Gasteiger partial charge in [0, 0.05) is 31.5 Å². The van der Waals surface area contributed by atoms with Crippen molar-refractivity contribution in [1.29, 1.82) is 5.26 Å². The lowest BCUT2D eigenvalue weighted by Gasteiger charge is -2.15. The molecule has 2 aromatic rings. The molecule has 0 aliphatic heterocycles. The van der Waals surface area contributed by atoms with Gasteiger partial charge < -0.3 is 14.8 Å². The van der Waals surface area contributed by atoms with Crippen LogP contribution in [-0.4, -0.2) is 35.4 Å². The van der Waals surface area contributed by atoms with E-state index in [2.05, 4.69) is 32.4 Å². The van der Waals surface area contributed by atoms with Crippen molar-refractivity contribution in [2.24, 2.45) is 5.92 Å². The minimum absolute atomic E-state index is 0.140. The summed E-state index contributed by atoms with van der Waals surface area (Å²) in [5.41, 5.74) is 0.449.